The summed E-state index contributed by atoms with van der Waals surface area (Å²) in [6, 6.07) is 16.9. The van der Waals surface area contributed by atoms with Gasteiger partial charge in [0.2, 0.25) is 0 Å². The van der Waals surface area contributed by atoms with Crippen LogP contribution < -0.4 is 21.5 Å². The van der Waals surface area contributed by atoms with E-state index in [4.69, 9.17) is 0 Å². The minimum absolute atomic E-state index is 0.250. The summed E-state index contributed by atoms with van der Waals surface area (Å²) in [5.74, 6) is -1.81. The molecule has 0 aromatic heterocycles. The summed E-state index contributed by atoms with van der Waals surface area (Å²) in [5.41, 5.74) is 5.26. The summed E-state index contributed by atoms with van der Waals surface area (Å²) in [7, 11) is 0. The van der Waals surface area contributed by atoms with Gasteiger partial charge in [-0.2, -0.15) is 10.2 Å². The summed E-state index contributed by atoms with van der Waals surface area (Å²) < 4.78 is 0. The van der Waals surface area contributed by atoms with E-state index >= 15 is 0 Å². The van der Waals surface area contributed by atoms with Crippen LogP contribution in [0.2, 0.25) is 0 Å². The van der Waals surface area contributed by atoms with Crippen LogP contribution in [0.15, 0.2) is 70.9 Å². The number of benzene rings is 2. The second kappa shape index (κ2) is 12.2. The molecule has 0 aliphatic rings. The van der Waals surface area contributed by atoms with Crippen molar-refractivity contribution in [2.75, 3.05) is 13.1 Å². The van der Waals surface area contributed by atoms with Crippen molar-refractivity contribution in [2.45, 2.75) is 0 Å². The third-order valence-corrected chi connectivity index (χ3v) is 3.49. The highest BCUT2D eigenvalue weighted by molar-refractivity contribution is 6.16. The van der Waals surface area contributed by atoms with Gasteiger partial charge in [0.05, 0.1) is 25.5 Å². The molecule has 30 heavy (non-hydrogen) atoms. The molecule has 4 amide bonds. The molecule has 0 aliphatic heterocycles. The van der Waals surface area contributed by atoms with Gasteiger partial charge in [0, 0.05) is 11.1 Å². The Kier molecular flexibility index (Phi) is 8.92. The maximum Gasteiger partial charge on any atom is 0.259 e. The zero-order valence-corrected chi connectivity index (χ0v) is 15.9. The van der Waals surface area contributed by atoms with Crippen LogP contribution in [0, 0.1) is 0 Å². The number of hydrazone groups is 2. The van der Waals surface area contributed by atoms with Crippen molar-refractivity contribution in [1.29, 1.82) is 0 Å². The molecule has 0 aliphatic carbocycles. The first-order valence-electron chi connectivity index (χ1n) is 8.85. The molecule has 2 rings (SSSR count). The largest absolute Gasteiger partial charge is 0.343 e. The molecule has 0 heterocycles. The molecule has 154 valence electrons. The Morgan fingerprint density at radius 1 is 0.633 bits per heavy atom. The number of hydrogen-bond acceptors (Lipinski definition) is 6. The lowest BCUT2D eigenvalue weighted by Crippen LogP contribution is -2.35. The van der Waals surface area contributed by atoms with Gasteiger partial charge in [-0.1, -0.05) is 36.4 Å². The van der Waals surface area contributed by atoms with E-state index in [1.54, 1.807) is 60.7 Å². The van der Waals surface area contributed by atoms with E-state index in [1.807, 2.05) is 0 Å². The van der Waals surface area contributed by atoms with Gasteiger partial charge in [0.25, 0.3) is 23.6 Å². The lowest BCUT2D eigenvalue weighted by molar-refractivity contribution is -0.120. The normalized spacial score (nSPS) is 10.5. The van der Waals surface area contributed by atoms with Crippen LogP contribution in [0.25, 0.3) is 0 Å². The molecule has 0 radical (unpaired) electrons. The minimum atomic E-state index is -0.531. The third-order valence-electron chi connectivity index (χ3n) is 3.49. The molecular formula is C20H20N6O4. The molecule has 0 fully saturated rings. The molecule has 0 unspecified atom stereocenters. The molecule has 0 atom stereocenters. The van der Waals surface area contributed by atoms with Crippen LogP contribution >= 0.6 is 0 Å². The number of nitrogens with one attached hydrogen (secondary N) is 4. The molecule has 0 spiro atoms. The number of nitrogens with zero attached hydrogens (tertiary/aromatic N) is 2. The molecular weight excluding hydrogens is 388 g/mol. The highest BCUT2D eigenvalue weighted by atomic mass is 16.2. The summed E-state index contributed by atoms with van der Waals surface area (Å²) in [4.78, 5) is 46.8. The molecule has 4 N–H and O–H groups in total. The number of hydrogen-bond donors (Lipinski definition) is 4. The maximum absolute atomic E-state index is 11.8. The summed E-state index contributed by atoms with van der Waals surface area (Å²) >= 11 is 0. The Morgan fingerprint density at radius 3 is 1.37 bits per heavy atom. The fraction of sp³-hybridized carbons (Fsp3) is 0.100. The number of rotatable bonds is 9. The summed E-state index contributed by atoms with van der Waals surface area (Å²) in [6.45, 7) is -0.500. The summed E-state index contributed by atoms with van der Waals surface area (Å²) in [5, 5.41) is 12.1. The van der Waals surface area contributed by atoms with E-state index in [0.717, 1.165) is 12.4 Å². The van der Waals surface area contributed by atoms with Gasteiger partial charge in [-0.15, -0.1) is 0 Å². The average molecular weight is 408 g/mol. The second-order valence-electron chi connectivity index (χ2n) is 5.72. The fourth-order valence-electron chi connectivity index (χ4n) is 2.07. The van der Waals surface area contributed by atoms with Gasteiger partial charge in [-0.25, -0.2) is 10.9 Å². The second-order valence-corrected chi connectivity index (χ2v) is 5.72. The molecule has 10 nitrogen and oxygen atoms in total. The van der Waals surface area contributed by atoms with E-state index in [2.05, 4.69) is 31.7 Å². The molecule has 0 saturated heterocycles. The monoisotopic (exact) mass is 408 g/mol. The predicted molar refractivity (Wildman–Crippen MR) is 111 cm³/mol. The Bertz CT molecular complexity index is 851. The van der Waals surface area contributed by atoms with Gasteiger partial charge >= 0.3 is 0 Å². The van der Waals surface area contributed by atoms with Crippen LogP contribution in [0.1, 0.15) is 20.7 Å². The standard InChI is InChI=1S/C20H20N6O4/c27-17(13-21-19(29)15-7-3-1-4-8-15)25-23-11-12-24-26-18(28)14-22-20(30)16-9-5-2-6-10-16/h1-12H,13-14H2,(H,21,29)(H,22,30)(H,25,27)(H,26,28). The zero-order chi connectivity index (χ0) is 21.6. The van der Waals surface area contributed by atoms with E-state index in [9.17, 15) is 19.2 Å². The van der Waals surface area contributed by atoms with Gasteiger partial charge in [0.1, 0.15) is 0 Å². The molecule has 2 aromatic carbocycles. The lowest BCUT2D eigenvalue weighted by atomic mass is 10.2. The first-order valence-corrected chi connectivity index (χ1v) is 8.85. The smallest absolute Gasteiger partial charge is 0.259 e. The van der Waals surface area contributed by atoms with Crippen LogP contribution in [0.3, 0.4) is 0 Å². The van der Waals surface area contributed by atoms with Gasteiger partial charge < -0.3 is 10.6 Å². The fourth-order valence-corrected chi connectivity index (χ4v) is 2.07. The van der Waals surface area contributed by atoms with Gasteiger partial charge in [-0.05, 0) is 24.3 Å². The van der Waals surface area contributed by atoms with Crippen LogP contribution in [0.5, 0.6) is 0 Å². The van der Waals surface area contributed by atoms with Crippen LogP contribution in [-0.2, 0) is 9.59 Å². The molecule has 0 bridgehead atoms. The van der Waals surface area contributed by atoms with Crippen molar-refractivity contribution in [1.82, 2.24) is 21.5 Å². The van der Waals surface area contributed by atoms with E-state index in [-0.39, 0.29) is 24.9 Å². The Balaban J connectivity index is 1.59. The zero-order valence-electron chi connectivity index (χ0n) is 15.9. The Labute approximate surface area is 172 Å². The first-order chi connectivity index (χ1) is 14.6. The van der Waals surface area contributed by atoms with Gasteiger partial charge in [-0.3, -0.25) is 19.2 Å². The Hall–Kier alpha value is -4.34. The summed E-state index contributed by atoms with van der Waals surface area (Å²) in [6.07, 6.45) is 2.28. The van der Waals surface area contributed by atoms with Gasteiger partial charge in [0.15, 0.2) is 0 Å². The number of amides is 4. The van der Waals surface area contributed by atoms with Crippen molar-refractivity contribution < 1.29 is 19.2 Å². The average Bonchev–Trinajstić information content (AvgIpc) is 2.79. The highest BCUT2D eigenvalue weighted by Crippen LogP contribution is 1.97. The molecule has 2 aromatic rings. The number of carbonyl (C=O) groups excluding carboxylic acids is 4. The predicted octanol–water partition coefficient (Wildman–Crippen LogP) is 0.0504. The lowest BCUT2D eigenvalue weighted by Gasteiger charge is -2.04. The van der Waals surface area contributed by atoms with Crippen molar-refractivity contribution in [3.63, 3.8) is 0 Å². The van der Waals surface area contributed by atoms with E-state index in [1.165, 1.54) is 0 Å². The van der Waals surface area contributed by atoms with Crippen molar-refractivity contribution in [3.8, 4) is 0 Å². The van der Waals surface area contributed by atoms with E-state index in [0.29, 0.717) is 11.1 Å². The van der Waals surface area contributed by atoms with Crippen molar-refractivity contribution in [3.05, 3.63) is 71.8 Å². The Morgan fingerprint density at radius 2 is 1.00 bits per heavy atom. The maximum atomic E-state index is 11.8. The molecule has 0 saturated carbocycles. The molecule has 10 heteroatoms. The minimum Gasteiger partial charge on any atom is -0.343 e. The quantitative estimate of drug-likeness (QED) is 0.344. The van der Waals surface area contributed by atoms with Crippen molar-refractivity contribution in [2.24, 2.45) is 10.2 Å². The van der Waals surface area contributed by atoms with Crippen LogP contribution in [0.4, 0.5) is 0 Å². The van der Waals surface area contributed by atoms with Crippen molar-refractivity contribution >= 4 is 36.1 Å². The third kappa shape index (κ3) is 8.13. The number of carbonyl (C=O) groups is 4. The highest BCUT2D eigenvalue weighted by Gasteiger charge is 2.07. The first kappa shape index (κ1) is 22.0. The van der Waals surface area contributed by atoms with E-state index < -0.39 is 11.8 Å². The SMILES string of the molecule is O=C(CNC(=O)c1ccccc1)NN=CC=NNC(=O)CNC(=O)c1ccccc1. The topological polar surface area (TPSA) is 141 Å². The van der Waals surface area contributed by atoms with Crippen LogP contribution in [-0.4, -0.2) is 49.1 Å².